The SMILES string of the molecule is CC1=CC=C(OC(=O)c2ccc(C)c(F)c2F)C(F)(F)C1(F)F. The molecule has 0 radical (unpaired) electrons. The van der Waals surface area contributed by atoms with Crippen LogP contribution in [0.5, 0.6) is 0 Å². The predicted octanol–water partition coefficient (Wildman–Crippen LogP) is 4.54. The standard InChI is InChI=1S/C15H10F6O2/c1-7-3-5-9(12(17)11(7)16)13(22)23-10-6-4-8(2)14(18,19)15(10,20)21/h3-6H,1-2H3. The van der Waals surface area contributed by atoms with Gasteiger partial charge < -0.3 is 4.74 Å². The molecule has 0 saturated carbocycles. The number of hydrogen-bond donors (Lipinski definition) is 0. The molecule has 0 amide bonds. The largest absolute Gasteiger partial charge is 0.421 e. The van der Waals surface area contributed by atoms with Crippen molar-refractivity contribution in [3.05, 3.63) is 58.4 Å². The fraction of sp³-hybridized carbons (Fsp3) is 0.267. The summed E-state index contributed by atoms with van der Waals surface area (Å²) in [5.74, 6) is -15.6. The minimum absolute atomic E-state index is 0.119. The van der Waals surface area contributed by atoms with Crippen LogP contribution in [0.2, 0.25) is 0 Å². The highest BCUT2D eigenvalue weighted by atomic mass is 19.3. The second-order valence-electron chi connectivity index (χ2n) is 4.98. The quantitative estimate of drug-likeness (QED) is 0.585. The first-order valence-corrected chi connectivity index (χ1v) is 6.32. The maximum Gasteiger partial charge on any atom is 0.370 e. The van der Waals surface area contributed by atoms with Gasteiger partial charge in [-0.1, -0.05) is 12.1 Å². The first-order valence-electron chi connectivity index (χ1n) is 6.32. The van der Waals surface area contributed by atoms with E-state index in [4.69, 9.17) is 0 Å². The molecule has 0 atom stereocenters. The summed E-state index contributed by atoms with van der Waals surface area (Å²) in [6.45, 7) is 2.01. The van der Waals surface area contributed by atoms with E-state index < -0.39 is 46.3 Å². The lowest BCUT2D eigenvalue weighted by Gasteiger charge is -2.30. The number of esters is 1. The number of rotatable bonds is 2. The predicted molar refractivity (Wildman–Crippen MR) is 68.2 cm³/mol. The Bertz CT molecular complexity index is 734. The fourth-order valence-corrected chi connectivity index (χ4v) is 1.87. The molecule has 1 aromatic rings. The van der Waals surface area contributed by atoms with Gasteiger partial charge in [-0.2, -0.15) is 17.6 Å². The van der Waals surface area contributed by atoms with Crippen LogP contribution in [0.3, 0.4) is 0 Å². The number of aryl methyl sites for hydroxylation is 1. The molecule has 124 valence electrons. The molecule has 23 heavy (non-hydrogen) atoms. The van der Waals surface area contributed by atoms with Gasteiger partial charge in [0.25, 0.3) is 0 Å². The van der Waals surface area contributed by atoms with Crippen LogP contribution in [0.15, 0.2) is 35.6 Å². The molecule has 0 N–H and O–H groups in total. The summed E-state index contributed by atoms with van der Waals surface area (Å²) in [6, 6.07) is 1.85. The van der Waals surface area contributed by atoms with Crippen LogP contribution in [-0.4, -0.2) is 17.8 Å². The van der Waals surface area contributed by atoms with Gasteiger partial charge in [-0.05, 0) is 31.6 Å². The van der Waals surface area contributed by atoms with Crippen LogP contribution >= 0.6 is 0 Å². The molecule has 0 fully saturated rings. The molecule has 0 bridgehead atoms. The van der Waals surface area contributed by atoms with Crippen LogP contribution < -0.4 is 0 Å². The van der Waals surface area contributed by atoms with Gasteiger partial charge >= 0.3 is 17.8 Å². The maximum atomic E-state index is 13.7. The lowest BCUT2D eigenvalue weighted by molar-refractivity contribution is -0.180. The third-order valence-corrected chi connectivity index (χ3v) is 3.38. The van der Waals surface area contributed by atoms with E-state index in [0.29, 0.717) is 12.2 Å². The minimum Gasteiger partial charge on any atom is -0.421 e. The van der Waals surface area contributed by atoms with Gasteiger partial charge in [-0.15, -0.1) is 0 Å². The molecule has 0 unspecified atom stereocenters. The molecule has 1 aliphatic carbocycles. The lowest BCUT2D eigenvalue weighted by Crippen LogP contribution is -2.45. The highest BCUT2D eigenvalue weighted by Crippen LogP contribution is 2.47. The Morgan fingerprint density at radius 2 is 1.57 bits per heavy atom. The van der Waals surface area contributed by atoms with E-state index >= 15 is 0 Å². The Morgan fingerprint density at radius 1 is 0.957 bits per heavy atom. The van der Waals surface area contributed by atoms with Gasteiger partial charge in [-0.25, -0.2) is 13.6 Å². The summed E-state index contributed by atoms with van der Waals surface area (Å²) in [5, 5.41) is 0. The molecule has 0 saturated heterocycles. The van der Waals surface area contributed by atoms with Crippen molar-refractivity contribution in [3.8, 4) is 0 Å². The van der Waals surface area contributed by atoms with Crippen molar-refractivity contribution in [2.45, 2.75) is 25.7 Å². The second kappa shape index (κ2) is 5.43. The number of benzene rings is 1. The molecule has 1 aromatic carbocycles. The molecule has 1 aliphatic rings. The lowest BCUT2D eigenvalue weighted by atomic mass is 9.96. The van der Waals surface area contributed by atoms with E-state index in [9.17, 15) is 31.1 Å². The minimum atomic E-state index is -4.79. The van der Waals surface area contributed by atoms with E-state index in [0.717, 1.165) is 19.1 Å². The second-order valence-corrected chi connectivity index (χ2v) is 4.98. The highest BCUT2D eigenvalue weighted by molar-refractivity contribution is 5.90. The zero-order chi connectivity index (χ0) is 17.6. The van der Waals surface area contributed by atoms with E-state index in [1.54, 1.807) is 0 Å². The monoisotopic (exact) mass is 336 g/mol. The van der Waals surface area contributed by atoms with Crippen molar-refractivity contribution >= 4 is 5.97 Å². The Balaban J connectivity index is 2.36. The summed E-state index contributed by atoms with van der Waals surface area (Å²) >= 11 is 0. The molecule has 8 heteroatoms. The van der Waals surface area contributed by atoms with E-state index in [1.165, 1.54) is 6.92 Å². The molecule has 0 aromatic heterocycles. The number of alkyl halides is 4. The van der Waals surface area contributed by atoms with Crippen LogP contribution in [0.1, 0.15) is 22.8 Å². The number of carbonyl (C=O) groups excluding carboxylic acids is 1. The fourth-order valence-electron chi connectivity index (χ4n) is 1.87. The van der Waals surface area contributed by atoms with E-state index in [1.807, 2.05) is 0 Å². The van der Waals surface area contributed by atoms with Crippen molar-refractivity contribution in [1.82, 2.24) is 0 Å². The van der Waals surface area contributed by atoms with Crippen molar-refractivity contribution in [3.63, 3.8) is 0 Å². The summed E-state index contributed by atoms with van der Waals surface area (Å²) < 4.78 is 85.6. The van der Waals surface area contributed by atoms with Gasteiger partial charge in [0.15, 0.2) is 17.4 Å². The van der Waals surface area contributed by atoms with Crippen LogP contribution in [0.4, 0.5) is 26.3 Å². The average Bonchev–Trinajstić information content (AvgIpc) is 2.46. The van der Waals surface area contributed by atoms with Gasteiger partial charge in [-0.3, -0.25) is 0 Å². The summed E-state index contributed by atoms with van der Waals surface area (Å²) in [5.41, 5.74) is -2.01. The summed E-state index contributed by atoms with van der Waals surface area (Å²) in [6.07, 6.45) is 1.15. The van der Waals surface area contributed by atoms with E-state index in [2.05, 4.69) is 4.74 Å². The van der Waals surface area contributed by atoms with Crippen LogP contribution in [0.25, 0.3) is 0 Å². The molecule has 0 aliphatic heterocycles. The molecular formula is C15H10F6O2. The van der Waals surface area contributed by atoms with Gasteiger partial charge in [0, 0.05) is 5.57 Å². The normalized spacial score (nSPS) is 19.0. The van der Waals surface area contributed by atoms with Crippen molar-refractivity contribution in [2.24, 2.45) is 0 Å². The van der Waals surface area contributed by atoms with Gasteiger partial charge in [0.1, 0.15) is 0 Å². The number of ether oxygens (including phenoxy) is 1. The Labute approximate surface area is 127 Å². The third-order valence-electron chi connectivity index (χ3n) is 3.38. The average molecular weight is 336 g/mol. The highest BCUT2D eigenvalue weighted by Gasteiger charge is 2.62. The first-order chi connectivity index (χ1) is 10.5. The third kappa shape index (κ3) is 2.62. The Kier molecular flexibility index (Phi) is 4.04. The van der Waals surface area contributed by atoms with Gasteiger partial charge in [0.2, 0.25) is 0 Å². The molecular weight excluding hydrogens is 326 g/mol. The number of allylic oxidation sites excluding steroid dienone is 4. The number of hydrogen-bond acceptors (Lipinski definition) is 2. The van der Waals surface area contributed by atoms with Crippen molar-refractivity contribution < 1.29 is 35.9 Å². The summed E-state index contributed by atoms with van der Waals surface area (Å²) in [7, 11) is 0. The Morgan fingerprint density at radius 3 is 2.17 bits per heavy atom. The molecule has 2 rings (SSSR count). The zero-order valence-corrected chi connectivity index (χ0v) is 11.9. The molecule has 0 spiro atoms. The van der Waals surface area contributed by atoms with Crippen molar-refractivity contribution in [2.75, 3.05) is 0 Å². The summed E-state index contributed by atoms with van der Waals surface area (Å²) in [4.78, 5) is 11.7. The first kappa shape index (κ1) is 17.1. The number of halogens is 6. The van der Waals surface area contributed by atoms with Crippen LogP contribution in [0, 0.1) is 18.6 Å². The zero-order valence-electron chi connectivity index (χ0n) is 11.9. The smallest absolute Gasteiger partial charge is 0.370 e. The maximum absolute atomic E-state index is 13.7. The molecule has 0 heterocycles. The van der Waals surface area contributed by atoms with Crippen molar-refractivity contribution in [1.29, 1.82) is 0 Å². The van der Waals surface area contributed by atoms with Crippen LogP contribution in [-0.2, 0) is 4.74 Å². The molecule has 2 nitrogen and oxygen atoms in total. The Hall–Kier alpha value is -2.25. The van der Waals surface area contributed by atoms with Gasteiger partial charge in [0.05, 0.1) is 5.56 Å². The number of carbonyl (C=O) groups is 1. The van der Waals surface area contributed by atoms with E-state index in [-0.39, 0.29) is 5.56 Å². The topological polar surface area (TPSA) is 26.3 Å².